The van der Waals surface area contributed by atoms with Crippen molar-refractivity contribution in [2.45, 2.75) is 38.4 Å². The molecule has 0 radical (unpaired) electrons. The molecule has 0 saturated heterocycles. The molecule has 0 aliphatic heterocycles. The third-order valence-corrected chi connectivity index (χ3v) is 5.01. The molecule has 1 fully saturated rings. The van der Waals surface area contributed by atoms with Crippen molar-refractivity contribution in [2.24, 2.45) is 5.73 Å². The molecular formula is C17H21FN2S. The van der Waals surface area contributed by atoms with Gasteiger partial charge in [-0.2, -0.15) is 0 Å². The Kier molecular flexibility index (Phi) is 4.38. The molecular weight excluding hydrogens is 283 g/mol. The number of halogens is 1. The maximum Gasteiger partial charge on any atom is 0.123 e. The minimum Gasteiger partial charge on any atom is -0.329 e. The molecule has 4 heteroatoms. The van der Waals surface area contributed by atoms with E-state index in [4.69, 9.17) is 5.73 Å². The van der Waals surface area contributed by atoms with E-state index >= 15 is 0 Å². The van der Waals surface area contributed by atoms with E-state index in [0.29, 0.717) is 12.6 Å². The number of nitrogens with two attached hydrogens (primary N) is 1. The molecule has 1 aliphatic rings. The highest BCUT2D eigenvalue weighted by Gasteiger charge is 2.34. The number of hydrogen-bond donors (Lipinski definition) is 1. The summed E-state index contributed by atoms with van der Waals surface area (Å²) in [5.74, 6) is -0.178. The first-order chi connectivity index (χ1) is 10.2. The summed E-state index contributed by atoms with van der Waals surface area (Å²) < 4.78 is 13.3. The zero-order chi connectivity index (χ0) is 14.8. The standard InChI is InChI=1S/C17H21FN2S/c1-12-9-13(18)4-7-16(12)17(10-19)20(14-5-6-14)11-15-3-2-8-21-15/h2-4,7-9,14,17H,5-6,10-11,19H2,1H3. The van der Waals surface area contributed by atoms with Gasteiger partial charge >= 0.3 is 0 Å². The lowest BCUT2D eigenvalue weighted by Gasteiger charge is -2.32. The van der Waals surface area contributed by atoms with Crippen molar-refractivity contribution in [1.82, 2.24) is 4.90 Å². The minimum atomic E-state index is -0.178. The number of rotatable bonds is 6. The smallest absolute Gasteiger partial charge is 0.123 e. The summed E-state index contributed by atoms with van der Waals surface area (Å²) in [6.45, 7) is 3.46. The van der Waals surface area contributed by atoms with Crippen molar-refractivity contribution >= 4 is 11.3 Å². The lowest BCUT2D eigenvalue weighted by atomic mass is 9.99. The van der Waals surface area contributed by atoms with Crippen LogP contribution in [0.15, 0.2) is 35.7 Å². The number of hydrogen-bond acceptors (Lipinski definition) is 3. The summed E-state index contributed by atoms with van der Waals surface area (Å²) in [4.78, 5) is 3.85. The van der Waals surface area contributed by atoms with Crippen molar-refractivity contribution in [1.29, 1.82) is 0 Å². The molecule has 3 rings (SSSR count). The highest BCUT2D eigenvalue weighted by atomic mass is 32.1. The summed E-state index contributed by atoms with van der Waals surface area (Å²) >= 11 is 1.78. The van der Waals surface area contributed by atoms with Gasteiger partial charge < -0.3 is 5.73 Å². The Bertz CT molecular complexity index is 593. The first-order valence-electron chi connectivity index (χ1n) is 7.43. The lowest BCUT2D eigenvalue weighted by Crippen LogP contribution is -2.35. The fourth-order valence-corrected chi connectivity index (χ4v) is 3.65. The van der Waals surface area contributed by atoms with Crippen LogP contribution >= 0.6 is 11.3 Å². The predicted octanol–water partition coefficient (Wildman–Crippen LogP) is 3.86. The SMILES string of the molecule is Cc1cc(F)ccc1C(CN)N(Cc1cccs1)C1CC1. The maximum atomic E-state index is 13.3. The Morgan fingerprint density at radius 2 is 2.19 bits per heavy atom. The van der Waals surface area contributed by atoms with Gasteiger partial charge in [-0.1, -0.05) is 12.1 Å². The maximum absolute atomic E-state index is 13.3. The normalized spacial score (nSPS) is 16.4. The van der Waals surface area contributed by atoms with Gasteiger partial charge in [0.15, 0.2) is 0 Å². The molecule has 0 bridgehead atoms. The Labute approximate surface area is 129 Å². The van der Waals surface area contributed by atoms with Crippen molar-refractivity contribution in [2.75, 3.05) is 6.54 Å². The second-order valence-corrected chi connectivity index (χ2v) is 6.77. The van der Waals surface area contributed by atoms with E-state index < -0.39 is 0 Å². The van der Waals surface area contributed by atoms with Gasteiger partial charge in [0.05, 0.1) is 0 Å². The third-order valence-electron chi connectivity index (χ3n) is 4.15. The van der Waals surface area contributed by atoms with Gasteiger partial charge in [0.2, 0.25) is 0 Å². The Balaban J connectivity index is 1.88. The van der Waals surface area contributed by atoms with Crippen LogP contribution < -0.4 is 5.73 Å². The second kappa shape index (κ2) is 6.26. The molecule has 1 aromatic carbocycles. The van der Waals surface area contributed by atoms with E-state index in [1.807, 2.05) is 13.0 Å². The molecule has 0 spiro atoms. The van der Waals surface area contributed by atoms with Crippen LogP contribution in [0, 0.1) is 12.7 Å². The Morgan fingerprint density at radius 3 is 2.76 bits per heavy atom. The summed E-state index contributed by atoms with van der Waals surface area (Å²) in [7, 11) is 0. The van der Waals surface area contributed by atoms with Crippen LogP contribution in [0.25, 0.3) is 0 Å². The molecule has 1 atom stereocenters. The fourth-order valence-electron chi connectivity index (χ4n) is 2.94. The van der Waals surface area contributed by atoms with Gasteiger partial charge in [-0.25, -0.2) is 4.39 Å². The van der Waals surface area contributed by atoms with Gasteiger partial charge in [-0.15, -0.1) is 11.3 Å². The molecule has 0 amide bonds. The fraction of sp³-hybridized carbons (Fsp3) is 0.412. The van der Waals surface area contributed by atoms with E-state index in [2.05, 4.69) is 22.4 Å². The predicted molar refractivity (Wildman–Crippen MR) is 85.8 cm³/mol. The lowest BCUT2D eigenvalue weighted by molar-refractivity contribution is 0.183. The highest BCUT2D eigenvalue weighted by Crippen LogP contribution is 2.37. The number of benzene rings is 1. The Morgan fingerprint density at radius 1 is 1.38 bits per heavy atom. The van der Waals surface area contributed by atoms with E-state index in [9.17, 15) is 4.39 Å². The van der Waals surface area contributed by atoms with Gasteiger partial charge in [0, 0.05) is 30.1 Å². The first kappa shape index (κ1) is 14.7. The number of nitrogens with zero attached hydrogens (tertiary/aromatic N) is 1. The van der Waals surface area contributed by atoms with Crippen LogP contribution in [-0.2, 0) is 6.54 Å². The highest BCUT2D eigenvalue weighted by molar-refractivity contribution is 7.09. The molecule has 1 heterocycles. The zero-order valence-electron chi connectivity index (χ0n) is 12.3. The van der Waals surface area contributed by atoms with Crippen molar-refractivity contribution in [3.05, 3.63) is 57.5 Å². The van der Waals surface area contributed by atoms with Crippen molar-refractivity contribution in [3.63, 3.8) is 0 Å². The molecule has 1 saturated carbocycles. The van der Waals surface area contributed by atoms with Gasteiger partial charge in [-0.3, -0.25) is 4.90 Å². The monoisotopic (exact) mass is 304 g/mol. The van der Waals surface area contributed by atoms with Crippen molar-refractivity contribution < 1.29 is 4.39 Å². The molecule has 1 unspecified atom stereocenters. The number of aryl methyl sites for hydroxylation is 1. The van der Waals surface area contributed by atoms with Crippen LogP contribution in [0.5, 0.6) is 0 Å². The zero-order valence-corrected chi connectivity index (χ0v) is 13.1. The molecule has 1 aliphatic carbocycles. The largest absolute Gasteiger partial charge is 0.329 e. The summed E-state index contributed by atoms with van der Waals surface area (Å²) in [6, 6.07) is 10.1. The first-order valence-corrected chi connectivity index (χ1v) is 8.31. The quantitative estimate of drug-likeness (QED) is 0.878. The average Bonchev–Trinajstić information content (AvgIpc) is 3.18. The van der Waals surface area contributed by atoms with Crippen LogP contribution in [0.2, 0.25) is 0 Å². The topological polar surface area (TPSA) is 29.3 Å². The minimum absolute atomic E-state index is 0.167. The molecule has 112 valence electrons. The molecule has 2 aromatic rings. The second-order valence-electron chi connectivity index (χ2n) is 5.74. The van der Waals surface area contributed by atoms with Gasteiger partial charge in [0.1, 0.15) is 5.82 Å². The summed E-state index contributed by atoms with van der Waals surface area (Å²) in [5, 5.41) is 2.11. The summed E-state index contributed by atoms with van der Waals surface area (Å²) in [5.41, 5.74) is 8.22. The Hall–Kier alpha value is -1.23. The van der Waals surface area contributed by atoms with E-state index in [-0.39, 0.29) is 11.9 Å². The van der Waals surface area contributed by atoms with Crippen LogP contribution in [0.4, 0.5) is 4.39 Å². The average molecular weight is 304 g/mol. The van der Waals surface area contributed by atoms with E-state index in [1.165, 1.54) is 17.7 Å². The molecule has 2 N–H and O–H groups in total. The molecule has 2 nitrogen and oxygen atoms in total. The van der Waals surface area contributed by atoms with Gasteiger partial charge in [-0.05, 0) is 54.5 Å². The van der Waals surface area contributed by atoms with Crippen LogP contribution in [0.1, 0.15) is 34.9 Å². The van der Waals surface area contributed by atoms with Crippen LogP contribution in [0.3, 0.4) is 0 Å². The van der Waals surface area contributed by atoms with Crippen molar-refractivity contribution in [3.8, 4) is 0 Å². The third kappa shape index (κ3) is 3.34. The molecule has 21 heavy (non-hydrogen) atoms. The van der Waals surface area contributed by atoms with E-state index in [1.54, 1.807) is 23.5 Å². The van der Waals surface area contributed by atoms with E-state index in [0.717, 1.165) is 17.7 Å². The van der Waals surface area contributed by atoms with Crippen LogP contribution in [-0.4, -0.2) is 17.5 Å². The number of thiophene rings is 1. The molecule has 1 aromatic heterocycles. The summed E-state index contributed by atoms with van der Waals surface area (Å²) in [6.07, 6.45) is 2.48. The van der Waals surface area contributed by atoms with Gasteiger partial charge in [0.25, 0.3) is 0 Å².